The van der Waals surface area contributed by atoms with E-state index in [1.807, 2.05) is 0 Å². The zero-order chi connectivity index (χ0) is 20.1. The number of hydrogen-bond acceptors (Lipinski definition) is 6. The Bertz CT molecular complexity index is 1200. The predicted molar refractivity (Wildman–Crippen MR) is 105 cm³/mol. The van der Waals surface area contributed by atoms with Crippen molar-refractivity contribution in [3.05, 3.63) is 45.2 Å². The predicted octanol–water partition coefficient (Wildman–Crippen LogP) is 0.778. The molecule has 0 saturated carbocycles. The normalized spacial score (nSPS) is 16.0. The number of nitrogens with one attached hydrogen (secondary N) is 1. The van der Waals surface area contributed by atoms with E-state index < -0.39 is 10.0 Å². The second-order valence-corrected chi connectivity index (χ2v) is 9.75. The smallest absolute Gasteiger partial charge is 0.274 e. The van der Waals surface area contributed by atoms with Crippen molar-refractivity contribution >= 4 is 38.3 Å². The maximum atomic E-state index is 13.1. The van der Waals surface area contributed by atoms with Crippen LogP contribution >= 0.6 is 11.3 Å². The Morgan fingerprint density at radius 1 is 1.25 bits per heavy atom. The molecule has 1 N–H and O–H groups in total. The van der Waals surface area contributed by atoms with Crippen LogP contribution in [0, 0.1) is 6.92 Å². The Hall–Kier alpha value is -2.50. The van der Waals surface area contributed by atoms with Crippen molar-refractivity contribution in [2.75, 3.05) is 26.2 Å². The molecule has 1 saturated heterocycles. The zero-order valence-corrected chi connectivity index (χ0v) is 17.0. The molecule has 4 heterocycles. The fourth-order valence-corrected chi connectivity index (χ4v) is 5.96. The summed E-state index contributed by atoms with van der Waals surface area (Å²) in [6.45, 7) is 2.71. The molecule has 0 aromatic carbocycles. The van der Waals surface area contributed by atoms with Gasteiger partial charge in [-0.3, -0.25) is 19.4 Å². The van der Waals surface area contributed by atoms with E-state index in [9.17, 15) is 18.0 Å². The lowest BCUT2D eigenvalue weighted by molar-refractivity contribution is 0.0699. The highest BCUT2D eigenvalue weighted by Gasteiger charge is 2.32. The number of pyridine rings is 1. The van der Waals surface area contributed by atoms with E-state index in [0.29, 0.717) is 21.1 Å². The number of fused-ring (bicyclic) bond motifs is 1. The summed E-state index contributed by atoms with van der Waals surface area (Å²) < 4.78 is 28.5. The van der Waals surface area contributed by atoms with Crippen LogP contribution in [0.25, 0.3) is 11.0 Å². The van der Waals surface area contributed by atoms with Crippen molar-refractivity contribution in [1.82, 2.24) is 24.0 Å². The molecule has 148 valence electrons. The molecule has 0 spiro atoms. The van der Waals surface area contributed by atoms with E-state index in [2.05, 4.69) is 10.1 Å². The molecule has 1 amide bonds. The van der Waals surface area contributed by atoms with Gasteiger partial charge in [-0.15, -0.1) is 11.3 Å². The van der Waals surface area contributed by atoms with Crippen LogP contribution in [0.1, 0.15) is 16.1 Å². The molecule has 0 bridgehead atoms. The minimum absolute atomic E-state index is 0.213. The lowest BCUT2D eigenvalue weighted by atomic mass is 10.1. The quantitative estimate of drug-likeness (QED) is 0.672. The molecule has 0 aliphatic carbocycles. The number of amides is 1. The van der Waals surface area contributed by atoms with E-state index in [-0.39, 0.29) is 43.0 Å². The molecule has 3 aromatic rings. The summed E-state index contributed by atoms with van der Waals surface area (Å²) in [5, 5.41) is 4.60. The van der Waals surface area contributed by atoms with Crippen LogP contribution in [0.4, 0.5) is 0 Å². The van der Waals surface area contributed by atoms with Gasteiger partial charge in [0.1, 0.15) is 4.21 Å². The Kier molecular flexibility index (Phi) is 4.60. The van der Waals surface area contributed by atoms with Crippen LogP contribution in [0.3, 0.4) is 0 Å². The van der Waals surface area contributed by atoms with Gasteiger partial charge in [0.05, 0.1) is 10.9 Å². The molecule has 3 aromatic heterocycles. The number of H-pyrrole nitrogens is 1. The molecule has 0 radical (unpaired) electrons. The van der Waals surface area contributed by atoms with E-state index in [0.717, 1.165) is 0 Å². The molecule has 4 rings (SSSR count). The van der Waals surface area contributed by atoms with Gasteiger partial charge < -0.3 is 4.90 Å². The lowest BCUT2D eigenvalue weighted by Crippen LogP contribution is -2.50. The fourth-order valence-electron chi connectivity index (χ4n) is 3.39. The van der Waals surface area contributed by atoms with Crippen molar-refractivity contribution in [1.29, 1.82) is 0 Å². The first kappa shape index (κ1) is 18.8. The van der Waals surface area contributed by atoms with E-state index >= 15 is 0 Å². The third kappa shape index (κ3) is 3.05. The number of aryl methyl sites for hydroxylation is 2. The molecule has 9 nitrogen and oxygen atoms in total. The van der Waals surface area contributed by atoms with E-state index in [4.69, 9.17) is 0 Å². The summed E-state index contributed by atoms with van der Waals surface area (Å²) in [7, 11) is -1.87. The Morgan fingerprint density at radius 3 is 2.61 bits per heavy atom. The monoisotopic (exact) mass is 421 g/mol. The second-order valence-electron chi connectivity index (χ2n) is 6.64. The Balaban J connectivity index is 1.59. The van der Waals surface area contributed by atoms with Crippen LogP contribution in [-0.2, 0) is 17.1 Å². The highest BCUT2D eigenvalue weighted by Crippen LogP contribution is 2.23. The topological polar surface area (TPSA) is 108 Å². The number of hydrogen-bond donors (Lipinski definition) is 1. The second kappa shape index (κ2) is 6.83. The highest BCUT2D eigenvalue weighted by molar-refractivity contribution is 7.91. The summed E-state index contributed by atoms with van der Waals surface area (Å²) in [4.78, 5) is 31.3. The number of carbonyl (C=O) groups is 1. The van der Waals surface area contributed by atoms with Gasteiger partial charge in [-0.05, 0) is 24.4 Å². The number of nitrogens with zero attached hydrogens (tertiary/aromatic N) is 4. The average Bonchev–Trinajstić information content (AvgIpc) is 3.30. The van der Waals surface area contributed by atoms with Crippen LogP contribution in [0.5, 0.6) is 0 Å². The molecule has 0 atom stereocenters. The number of rotatable bonds is 3. The maximum Gasteiger partial charge on any atom is 0.274 e. The van der Waals surface area contributed by atoms with Gasteiger partial charge in [0.25, 0.3) is 21.5 Å². The standard InChI is InChI=1S/C17H19N5O4S2/c1-11-10-12(14-15(18-11)20(2)19-16(14)23)17(24)21-5-7-22(8-6-21)28(25,26)13-4-3-9-27-13/h3-4,9-10H,5-8H2,1-2H3,(H,19,23). The summed E-state index contributed by atoms with van der Waals surface area (Å²) in [5.74, 6) is -0.291. The van der Waals surface area contributed by atoms with Gasteiger partial charge >= 0.3 is 0 Å². The molecule has 11 heteroatoms. The number of carbonyl (C=O) groups excluding carboxylic acids is 1. The molecular formula is C17H19N5O4S2. The molecule has 1 aliphatic heterocycles. The Labute approximate surface area is 165 Å². The average molecular weight is 422 g/mol. The van der Waals surface area contributed by atoms with Crippen molar-refractivity contribution < 1.29 is 13.2 Å². The van der Waals surface area contributed by atoms with Gasteiger partial charge in [0.2, 0.25) is 0 Å². The number of aromatic nitrogens is 3. The first-order chi connectivity index (χ1) is 13.3. The SMILES string of the molecule is Cc1cc(C(=O)N2CCN(S(=O)(=O)c3cccs3)CC2)c2c(=O)[nH]n(C)c2n1. The van der Waals surface area contributed by atoms with Gasteiger partial charge in [-0.2, -0.15) is 4.31 Å². The summed E-state index contributed by atoms with van der Waals surface area (Å²) in [6.07, 6.45) is 0. The molecule has 1 fully saturated rings. The summed E-state index contributed by atoms with van der Waals surface area (Å²) >= 11 is 1.18. The summed E-state index contributed by atoms with van der Waals surface area (Å²) in [6, 6.07) is 4.89. The van der Waals surface area contributed by atoms with Crippen molar-refractivity contribution in [2.45, 2.75) is 11.1 Å². The Morgan fingerprint density at radius 2 is 1.96 bits per heavy atom. The van der Waals surface area contributed by atoms with Crippen LogP contribution in [0.15, 0.2) is 32.6 Å². The van der Waals surface area contributed by atoms with Gasteiger partial charge in [0, 0.05) is 38.9 Å². The number of sulfonamides is 1. The van der Waals surface area contributed by atoms with E-state index in [1.54, 1.807) is 42.5 Å². The lowest BCUT2D eigenvalue weighted by Gasteiger charge is -2.33. The molecule has 0 unspecified atom stereocenters. The number of aromatic amines is 1. The minimum Gasteiger partial charge on any atom is -0.336 e. The third-order valence-corrected chi connectivity index (χ3v) is 8.06. The molecular weight excluding hydrogens is 402 g/mol. The van der Waals surface area contributed by atoms with Gasteiger partial charge in [-0.1, -0.05) is 6.07 Å². The first-order valence-corrected chi connectivity index (χ1v) is 11.0. The first-order valence-electron chi connectivity index (χ1n) is 8.68. The van der Waals surface area contributed by atoms with Crippen LogP contribution in [-0.4, -0.2) is 64.5 Å². The zero-order valence-electron chi connectivity index (χ0n) is 15.4. The maximum absolute atomic E-state index is 13.1. The molecule has 1 aliphatic rings. The van der Waals surface area contributed by atoms with Crippen molar-refractivity contribution in [3.8, 4) is 0 Å². The number of thiophene rings is 1. The van der Waals surface area contributed by atoms with Crippen molar-refractivity contribution in [2.24, 2.45) is 7.05 Å². The molecule has 28 heavy (non-hydrogen) atoms. The van der Waals surface area contributed by atoms with Crippen LogP contribution in [0.2, 0.25) is 0 Å². The van der Waals surface area contributed by atoms with Gasteiger partial charge in [0.15, 0.2) is 5.65 Å². The van der Waals surface area contributed by atoms with Crippen molar-refractivity contribution in [3.63, 3.8) is 0 Å². The van der Waals surface area contributed by atoms with E-state index in [1.165, 1.54) is 20.3 Å². The fraction of sp³-hybridized carbons (Fsp3) is 0.353. The minimum atomic E-state index is -3.53. The third-order valence-electron chi connectivity index (χ3n) is 4.79. The number of piperazine rings is 1. The summed E-state index contributed by atoms with van der Waals surface area (Å²) in [5.41, 5.74) is 0.975. The van der Waals surface area contributed by atoms with Gasteiger partial charge in [-0.25, -0.2) is 13.4 Å². The highest BCUT2D eigenvalue weighted by atomic mass is 32.2. The van der Waals surface area contributed by atoms with Crippen LogP contribution < -0.4 is 5.56 Å². The largest absolute Gasteiger partial charge is 0.336 e.